The summed E-state index contributed by atoms with van der Waals surface area (Å²) in [4.78, 5) is 0. The summed E-state index contributed by atoms with van der Waals surface area (Å²) < 4.78 is 2.25. The average molecular weight is 575 g/mol. The minimum atomic E-state index is 0. The van der Waals surface area contributed by atoms with E-state index in [-0.39, 0.29) is 26.2 Å². The molecule has 0 saturated carbocycles. The first-order valence-electron chi connectivity index (χ1n) is 13.1. The molecule has 1 heterocycles. The van der Waals surface area contributed by atoms with Gasteiger partial charge in [0.05, 0.1) is 0 Å². The van der Waals surface area contributed by atoms with Crippen molar-refractivity contribution in [2.45, 2.75) is 47.0 Å². The quantitative estimate of drug-likeness (QED) is 0.188. The van der Waals surface area contributed by atoms with Crippen molar-refractivity contribution >= 4 is 10.8 Å². The van der Waals surface area contributed by atoms with Crippen LogP contribution in [0.15, 0.2) is 127 Å². The molecule has 4 aromatic carbocycles. The molecule has 6 rings (SSSR count). The van der Waals surface area contributed by atoms with Gasteiger partial charge in [-0.25, -0.2) is 11.1 Å². The molecule has 0 atom stereocenters. The first kappa shape index (κ1) is 29.5. The molecule has 1 aromatic heterocycles. The van der Waals surface area contributed by atoms with Gasteiger partial charge < -0.3 is 4.57 Å². The van der Waals surface area contributed by atoms with Gasteiger partial charge in [-0.2, -0.15) is 6.08 Å². The summed E-state index contributed by atoms with van der Waals surface area (Å²) in [6.07, 6.45) is 10.9. The number of benzene rings is 3. The minimum Gasteiger partial charge on any atom is -0.339 e. The summed E-state index contributed by atoms with van der Waals surface area (Å²) in [5.41, 5.74) is 9.38. The number of fused-ring (bicyclic) bond motifs is 1. The van der Waals surface area contributed by atoms with Crippen molar-refractivity contribution in [1.29, 1.82) is 0 Å². The van der Waals surface area contributed by atoms with Gasteiger partial charge in [-0.1, -0.05) is 73.7 Å². The van der Waals surface area contributed by atoms with Crippen LogP contribution in [0.25, 0.3) is 16.5 Å². The van der Waals surface area contributed by atoms with E-state index < -0.39 is 0 Å². The van der Waals surface area contributed by atoms with Gasteiger partial charge in [0, 0.05) is 11.9 Å². The first-order valence-corrected chi connectivity index (χ1v) is 13.1. The van der Waals surface area contributed by atoms with Crippen LogP contribution < -0.4 is 0 Å². The van der Waals surface area contributed by atoms with Gasteiger partial charge in [-0.3, -0.25) is 6.08 Å². The molecule has 0 amide bonds. The summed E-state index contributed by atoms with van der Waals surface area (Å²) in [6, 6.07) is 36.4. The van der Waals surface area contributed by atoms with Crippen molar-refractivity contribution in [3.63, 3.8) is 0 Å². The Morgan fingerprint density at radius 1 is 0.737 bits per heavy atom. The van der Waals surface area contributed by atoms with Crippen molar-refractivity contribution in [3.05, 3.63) is 155 Å². The second-order valence-corrected chi connectivity index (χ2v) is 9.74. The third kappa shape index (κ3) is 8.47. The summed E-state index contributed by atoms with van der Waals surface area (Å²) in [6.45, 7) is 8.49. The number of hydrogen-bond donors (Lipinski definition) is 0. The molecule has 2 heteroatoms. The molecule has 0 saturated heterocycles. The Hall–Kier alpha value is -3.09. The van der Waals surface area contributed by atoms with Crippen LogP contribution in [0.5, 0.6) is 0 Å². The minimum absolute atomic E-state index is 0. The monoisotopic (exact) mass is 573 g/mol. The molecule has 0 spiro atoms. The number of aromatic nitrogens is 1. The van der Waals surface area contributed by atoms with Gasteiger partial charge in [0.15, 0.2) is 0 Å². The number of nitrogens with zero attached hydrogens (tertiary/aromatic N) is 1. The topological polar surface area (TPSA) is 4.93 Å². The number of allylic oxidation sites excluding steroid dienone is 4. The van der Waals surface area contributed by atoms with Gasteiger partial charge in [0.2, 0.25) is 0 Å². The molecule has 0 radical (unpaired) electrons. The fraction of sp³-hybridized carbons (Fsp3) is 0.194. The zero-order chi connectivity index (χ0) is 26.0. The van der Waals surface area contributed by atoms with E-state index in [1.54, 1.807) is 0 Å². The summed E-state index contributed by atoms with van der Waals surface area (Å²) in [7, 11) is 0. The molecule has 38 heavy (non-hydrogen) atoms. The zero-order valence-corrected chi connectivity index (χ0v) is 25.5. The molecule has 1 aliphatic rings. The van der Waals surface area contributed by atoms with E-state index in [0.717, 1.165) is 19.3 Å². The number of aryl methyl sites for hydroxylation is 4. The Morgan fingerprint density at radius 3 is 1.76 bits per heavy atom. The SMILES string of the molecule is CC1=[C-]CC=C1C.Cc1cc(C)n(-c2cc3ccccc3[cH-]2)c1.[Zr+2].c1ccc(CCc2ccccc2)cc1. The Bertz CT molecular complexity index is 1380. The fourth-order valence-electron chi connectivity index (χ4n) is 4.52. The van der Waals surface area contributed by atoms with E-state index in [4.69, 9.17) is 0 Å². The van der Waals surface area contributed by atoms with Gasteiger partial charge in [0.1, 0.15) is 0 Å². The molecule has 1 aliphatic carbocycles. The molecule has 190 valence electrons. The van der Waals surface area contributed by atoms with Crippen LogP contribution in [-0.2, 0) is 39.0 Å². The van der Waals surface area contributed by atoms with Crippen molar-refractivity contribution in [2.24, 2.45) is 0 Å². The summed E-state index contributed by atoms with van der Waals surface area (Å²) >= 11 is 0. The van der Waals surface area contributed by atoms with Crippen molar-refractivity contribution in [2.75, 3.05) is 0 Å². The Labute approximate surface area is 248 Å². The Morgan fingerprint density at radius 2 is 1.32 bits per heavy atom. The predicted molar refractivity (Wildman–Crippen MR) is 159 cm³/mol. The predicted octanol–water partition coefficient (Wildman–Crippen LogP) is 9.52. The maximum Gasteiger partial charge on any atom is 2.00 e. The molecule has 0 fully saturated rings. The third-order valence-electron chi connectivity index (χ3n) is 6.79. The fourth-order valence-corrected chi connectivity index (χ4v) is 4.52. The normalized spacial score (nSPS) is 11.9. The van der Waals surface area contributed by atoms with E-state index in [9.17, 15) is 0 Å². The molecule has 1 nitrogen and oxygen atoms in total. The van der Waals surface area contributed by atoms with E-state index in [1.807, 2.05) is 0 Å². The Kier molecular flexibility index (Phi) is 11.4. The third-order valence-corrected chi connectivity index (χ3v) is 6.79. The molecule has 0 N–H and O–H groups in total. The first-order chi connectivity index (χ1) is 18.0. The van der Waals surface area contributed by atoms with E-state index in [1.165, 1.54) is 50.0 Å². The average Bonchev–Trinajstić information content (AvgIpc) is 3.62. The van der Waals surface area contributed by atoms with Crippen LogP contribution in [0, 0.1) is 19.9 Å². The second-order valence-electron chi connectivity index (χ2n) is 9.74. The molecular weight excluding hydrogens is 538 g/mol. The van der Waals surface area contributed by atoms with Crippen LogP contribution >= 0.6 is 0 Å². The van der Waals surface area contributed by atoms with Crippen LogP contribution in [0.1, 0.15) is 42.7 Å². The van der Waals surface area contributed by atoms with Crippen LogP contribution in [0.3, 0.4) is 0 Å². The largest absolute Gasteiger partial charge is 2.00 e. The summed E-state index contributed by atoms with van der Waals surface area (Å²) in [5.74, 6) is 0. The van der Waals surface area contributed by atoms with Crippen molar-refractivity contribution in [3.8, 4) is 5.69 Å². The van der Waals surface area contributed by atoms with Gasteiger partial charge in [0.25, 0.3) is 0 Å². The van der Waals surface area contributed by atoms with Gasteiger partial charge in [-0.15, -0.1) is 54.4 Å². The number of rotatable bonds is 4. The summed E-state index contributed by atoms with van der Waals surface area (Å²) in [5, 5.41) is 2.62. The smallest absolute Gasteiger partial charge is 0.339 e. The van der Waals surface area contributed by atoms with E-state index >= 15 is 0 Å². The second kappa shape index (κ2) is 14.7. The van der Waals surface area contributed by atoms with Gasteiger partial charge in [-0.05, 0) is 55.1 Å². The van der Waals surface area contributed by atoms with E-state index in [2.05, 4.69) is 154 Å². The van der Waals surface area contributed by atoms with Crippen molar-refractivity contribution in [1.82, 2.24) is 4.57 Å². The molecule has 0 unspecified atom stereocenters. The van der Waals surface area contributed by atoms with Crippen LogP contribution in [-0.4, -0.2) is 4.57 Å². The Balaban J connectivity index is 0.000000167. The van der Waals surface area contributed by atoms with Crippen LogP contribution in [0.2, 0.25) is 0 Å². The maximum absolute atomic E-state index is 3.19. The molecule has 5 aromatic rings. The molecule has 0 bridgehead atoms. The number of hydrogen-bond acceptors (Lipinski definition) is 0. The maximum atomic E-state index is 3.19. The van der Waals surface area contributed by atoms with Crippen LogP contribution in [0.4, 0.5) is 0 Å². The molecule has 0 aliphatic heterocycles. The van der Waals surface area contributed by atoms with E-state index in [0.29, 0.717) is 0 Å². The standard InChI is InChI=1S/C15H14N.C14H14.C7H9.Zr/c1-11-7-12(2)16(10-11)15-8-13-5-3-4-6-14(13)9-15;1-3-7-13(8-4-1)11-12-14-9-5-2-6-10-14;1-6-4-3-5-7(6)2;/h3-10H,1-2H3;1-10H,11-12H2;4H,3H2,1-2H3;/q-1;;-1;+2. The van der Waals surface area contributed by atoms with Crippen molar-refractivity contribution < 1.29 is 26.2 Å². The van der Waals surface area contributed by atoms with Gasteiger partial charge >= 0.3 is 26.2 Å². The zero-order valence-electron chi connectivity index (χ0n) is 23.0. The molecular formula is C36H37NZr.